The number of nitrogens with zero attached hydrogens (tertiary/aromatic N) is 2. The minimum absolute atomic E-state index is 0.0188. The second kappa shape index (κ2) is 12.6. The molecule has 5 nitrogen and oxygen atoms in total. The number of halogens is 4. The number of ether oxygens (including phenoxy) is 2. The molecule has 0 aliphatic rings. The van der Waals surface area contributed by atoms with E-state index in [4.69, 9.17) is 49.5 Å². The van der Waals surface area contributed by atoms with Crippen molar-refractivity contribution in [1.82, 2.24) is 4.98 Å². The van der Waals surface area contributed by atoms with E-state index < -0.39 is 17.9 Å². The van der Waals surface area contributed by atoms with Crippen molar-refractivity contribution in [1.29, 1.82) is 5.26 Å². The maximum absolute atomic E-state index is 16.4. The number of fused-ring (bicyclic) bond motifs is 1. The van der Waals surface area contributed by atoms with Crippen molar-refractivity contribution < 1.29 is 18.7 Å². The van der Waals surface area contributed by atoms with Crippen molar-refractivity contribution in [3.05, 3.63) is 104 Å². The molecule has 0 amide bonds. The first-order valence-corrected chi connectivity index (χ1v) is 13.1. The lowest BCUT2D eigenvalue weighted by molar-refractivity contribution is 0.0429. The molecule has 0 aliphatic carbocycles. The van der Waals surface area contributed by atoms with Gasteiger partial charge in [-0.2, -0.15) is 5.26 Å². The van der Waals surface area contributed by atoms with E-state index in [9.17, 15) is 4.79 Å². The highest BCUT2D eigenvalue weighted by Crippen LogP contribution is 2.42. The maximum atomic E-state index is 16.4. The Bertz CT molecular complexity index is 1620. The number of nitriles is 1. The quantitative estimate of drug-likeness (QED) is 0.153. The predicted octanol–water partition coefficient (Wildman–Crippen LogP) is 8.99. The fourth-order valence-electron chi connectivity index (χ4n) is 4.15. The van der Waals surface area contributed by atoms with Gasteiger partial charge in [0.15, 0.2) is 5.82 Å². The summed E-state index contributed by atoms with van der Waals surface area (Å²) in [6, 6.07) is 17.7. The fraction of sp³-hybridized carbons (Fsp3) is 0.167. The van der Waals surface area contributed by atoms with Crippen molar-refractivity contribution in [2.24, 2.45) is 0 Å². The Hall–Kier alpha value is -3.47. The summed E-state index contributed by atoms with van der Waals surface area (Å²) in [5, 5.41) is 9.63. The third kappa shape index (κ3) is 5.93. The molecule has 0 bridgehead atoms. The van der Waals surface area contributed by atoms with Gasteiger partial charge in [0.1, 0.15) is 11.1 Å². The lowest BCUT2D eigenvalue weighted by atomic mass is 9.94. The Balaban J connectivity index is 1.98. The number of rotatable bonds is 8. The first-order chi connectivity index (χ1) is 18.8. The van der Waals surface area contributed by atoms with Crippen LogP contribution in [-0.2, 0) is 16.1 Å². The number of hydrogen-bond donors (Lipinski definition) is 0. The van der Waals surface area contributed by atoms with Crippen LogP contribution in [0.1, 0.15) is 47.1 Å². The lowest BCUT2D eigenvalue weighted by Crippen LogP contribution is -2.15. The molecule has 0 unspecified atom stereocenters. The minimum Gasteiger partial charge on any atom is -0.462 e. The Morgan fingerprint density at radius 1 is 1.13 bits per heavy atom. The number of benzene rings is 3. The molecule has 1 heterocycles. The zero-order valence-corrected chi connectivity index (χ0v) is 23.2. The normalized spacial score (nSPS) is 12.0. The molecule has 9 heteroatoms. The van der Waals surface area contributed by atoms with Crippen LogP contribution in [0.3, 0.4) is 0 Å². The van der Waals surface area contributed by atoms with Gasteiger partial charge in [-0.1, -0.05) is 77.3 Å². The summed E-state index contributed by atoms with van der Waals surface area (Å²) in [4.78, 5) is 17.6. The molecular formula is C30H22Cl3FN2O3. The van der Waals surface area contributed by atoms with Crippen molar-refractivity contribution in [2.45, 2.75) is 26.6 Å². The first-order valence-electron chi connectivity index (χ1n) is 12.0. The highest BCUT2D eigenvalue weighted by molar-refractivity contribution is 6.44. The summed E-state index contributed by atoms with van der Waals surface area (Å²) >= 11 is 19.5. The Labute approximate surface area is 240 Å². The summed E-state index contributed by atoms with van der Waals surface area (Å²) in [5.74, 6) is -1.46. The van der Waals surface area contributed by atoms with E-state index >= 15 is 4.39 Å². The molecule has 4 rings (SSSR count). The van der Waals surface area contributed by atoms with E-state index in [1.807, 2.05) is 36.4 Å². The summed E-state index contributed by atoms with van der Waals surface area (Å²) in [6.07, 6.45) is 1.88. The van der Waals surface area contributed by atoms with Gasteiger partial charge < -0.3 is 9.47 Å². The fourth-order valence-corrected chi connectivity index (χ4v) is 4.87. The van der Waals surface area contributed by atoms with Gasteiger partial charge in [-0.05, 0) is 43.2 Å². The molecule has 0 saturated carbocycles. The molecule has 3 aromatic carbocycles. The third-order valence-corrected chi connectivity index (χ3v) is 7.19. The molecule has 1 atom stereocenters. The number of allylic oxidation sites excluding steroid dienone is 1. The van der Waals surface area contributed by atoms with Crippen LogP contribution in [0.25, 0.3) is 28.1 Å². The van der Waals surface area contributed by atoms with Crippen molar-refractivity contribution in [2.75, 3.05) is 6.61 Å². The number of hydrogen-bond acceptors (Lipinski definition) is 5. The van der Waals surface area contributed by atoms with Crippen molar-refractivity contribution >= 4 is 57.8 Å². The molecular weight excluding hydrogens is 562 g/mol. The van der Waals surface area contributed by atoms with E-state index in [1.54, 1.807) is 38.1 Å². The van der Waals surface area contributed by atoms with E-state index in [0.717, 1.165) is 5.56 Å². The van der Waals surface area contributed by atoms with E-state index in [-0.39, 0.29) is 56.0 Å². The second-order valence-electron chi connectivity index (χ2n) is 8.46. The van der Waals surface area contributed by atoms with Crippen LogP contribution in [0.2, 0.25) is 15.1 Å². The summed E-state index contributed by atoms with van der Waals surface area (Å²) in [6.45, 7) is 3.70. The largest absolute Gasteiger partial charge is 0.462 e. The topological polar surface area (TPSA) is 72.2 Å². The monoisotopic (exact) mass is 582 g/mol. The Kier molecular flexibility index (Phi) is 9.21. The smallest absolute Gasteiger partial charge is 0.341 e. The number of aromatic nitrogens is 1. The Morgan fingerprint density at radius 2 is 1.87 bits per heavy atom. The Morgan fingerprint density at radius 3 is 2.56 bits per heavy atom. The van der Waals surface area contributed by atoms with Gasteiger partial charge >= 0.3 is 5.97 Å². The van der Waals surface area contributed by atoms with Gasteiger partial charge in [-0.25, -0.2) is 14.2 Å². The third-order valence-electron chi connectivity index (χ3n) is 5.98. The van der Waals surface area contributed by atoms with Crippen LogP contribution in [-0.4, -0.2) is 17.6 Å². The molecule has 0 fully saturated rings. The number of carbonyl (C=O) groups excluding carboxylic acids is 1. The number of carbonyl (C=O) groups is 1. The van der Waals surface area contributed by atoms with Crippen LogP contribution in [0.15, 0.2) is 60.7 Å². The summed E-state index contributed by atoms with van der Waals surface area (Å²) in [5.41, 5.74) is 1.61. The molecule has 1 aromatic heterocycles. The molecule has 4 aromatic rings. The predicted molar refractivity (Wildman–Crippen MR) is 152 cm³/mol. The summed E-state index contributed by atoms with van der Waals surface area (Å²) < 4.78 is 27.7. The van der Waals surface area contributed by atoms with Gasteiger partial charge in [-0.3, -0.25) is 0 Å². The molecule has 198 valence electrons. The maximum Gasteiger partial charge on any atom is 0.341 e. The standard InChI is InChI=1S/C30H22Cl3FN2O3/c1-3-38-30(37)24-26(33)21-15-19(11-8-14-35)23(20-12-7-13-22(31)25(20)32)27(34)29(21)36-28(24)17(2)39-16-18-9-5-4-6-10-18/h4-13,15,17H,3,16H2,1-2H3/b11-8+/t17-/m1/s1. The zero-order chi connectivity index (χ0) is 28.1. The molecule has 0 N–H and O–H groups in total. The molecule has 39 heavy (non-hydrogen) atoms. The van der Waals surface area contributed by atoms with Crippen LogP contribution in [0, 0.1) is 17.1 Å². The molecule has 0 aliphatic heterocycles. The van der Waals surface area contributed by atoms with Gasteiger partial charge in [0, 0.05) is 22.6 Å². The van der Waals surface area contributed by atoms with Crippen LogP contribution in [0.4, 0.5) is 4.39 Å². The van der Waals surface area contributed by atoms with E-state index in [2.05, 4.69) is 4.98 Å². The number of pyridine rings is 1. The number of esters is 1. The summed E-state index contributed by atoms with van der Waals surface area (Å²) in [7, 11) is 0. The minimum atomic E-state index is -0.748. The second-order valence-corrected chi connectivity index (χ2v) is 9.62. The highest BCUT2D eigenvalue weighted by Gasteiger charge is 2.28. The lowest BCUT2D eigenvalue weighted by Gasteiger charge is -2.20. The van der Waals surface area contributed by atoms with Gasteiger partial charge in [0.2, 0.25) is 0 Å². The van der Waals surface area contributed by atoms with Gasteiger partial charge in [0.05, 0.1) is 46.1 Å². The average molecular weight is 584 g/mol. The molecule has 0 spiro atoms. The van der Waals surface area contributed by atoms with Gasteiger partial charge in [-0.15, -0.1) is 0 Å². The zero-order valence-electron chi connectivity index (χ0n) is 21.0. The van der Waals surface area contributed by atoms with Gasteiger partial charge in [0.25, 0.3) is 0 Å². The first kappa shape index (κ1) is 28.5. The van der Waals surface area contributed by atoms with E-state index in [1.165, 1.54) is 12.2 Å². The van der Waals surface area contributed by atoms with Crippen LogP contribution >= 0.6 is 34.8 Å². The molecule has 0 radical (unpaired) electrons. The SMILES string of the molecule is CCOC(=O)c1c([C@@H](C)OCc2ccccc2)nc2c(F)c(-c3cccc(Cl)c3Cl)c(/C=C/C#N)cc2c1Cl. The van der Waals surface area contributed by atoms with Crippen molar-refractivity contribution in [3.8, 4) is 17.2 Å². The van der Waals surface area contributed by atoms with E-state index in [0.29, 0.717) is 11.1 Å². The molecule has 0 saturated heterocycles. The highest BCUT2D eigenvalue weighted by atomic mass is 35.5. The van der Waals surface area contributed by atoms with Crippen molar-refractivity contribution in [3.63, 3.8) is 0 Å². The average Bonchev–Trinajstić information content (AvgIpc) is 2.93. The van der Waals surface area contributed by atoms with Crippen LogP contribution < -0.4 is 0 Å². The van der Waals surface area contributed by atoms with Crippen LogP contribution in [0.5, 0.6) is 0 Å².